The van der Waals surface area contributed by atoms with Crippen molar-refractivity contribution < 1.29 is 0 Å². The molecule has 0 unspecified atom stereocenters. The fourth-order valence-corrected chi connectivity index (χ4v) is 3.87. The molecule has 1 saturated heterocycles. The Labute approximate surface area is 96.7 Å². The fraction of sp³-hybridized carbons (Fsp3) is 1.00. The van der Waals surface area contributed by atoms with Gasteiger partial charge in [-0.15, -0.1) is 23.2 Å². The van der Waals surface area contributed by atoms with Gasteiger partial charge in [-0.1, -0.05) is 13.8 Å². The first kappa shape index (κ1) is 11.0. The molecule has 14 heavy (non-hydrogen) atoms. The molecule has 2 fully saturated rings. The summed E-state index contributed by atoms with van der Waals surface area (Å²) < 4.78 is -0.416. The summed E-state index contributed by atoms with van der Waals surface area (Å²) >= 11 is 12.5. The normalized spacial score (nSPS) is 40.7. The summed E-state index contributed by atoms with van der Waals surface area (Å²) in [5.41, 5.74) is 0. The van der Waals surface area contributed by atoms with Crippen molar-refractivity contribution in [3.63, 3.8) is 0 Å². The molecule has 1 heterocycles. The summed E-state index contributed by atoms with van der Waals surface area (Å²) in [6.45, 7) is 10.1. The Bertz CT molecular complexity index is 235. The highest BCUT2D eigenvalue weighted by Crippen LogP contribution is 2.66. The molecule has 3 heteroatoms. The van der Waals surface area contributed by atoms with Crippen molar-refractivity contribution in [2.45, 2.75) is 44.1 Å². The molecule has 1 saturated carbocycles. The molecule has 2 rings (SSSR count). The van der Waals surface area contributed by atoms with E-state index in [-0.39, 0.29) is 0 Å². The first-order chi connectivity index (χ1) is 6.37. The lowest BCUT2D eigenvalue weighted by atomic mass is 9.98. The highest BCUT2D eigenvalue weighted by molar-refractivity contribution is 6.51. The van der Waals surface area contributed by atoms with Crippen molar-refractivity contribution in [1.29, 1.82) is 0 Å². The summed E-state index contributed by atoms with van der Waals surface area (Å²) in [5, 5.41) is 0. The van der Waals surface area contributed by atoms with E-state index in [1.165, 1.54) is 0 Å². The SMILES string of the molecule is CC(C)[C@@H]1[C@@H]2[C@H](CN1C(C)C)C2(Cl)Cl. The number of fused-ring (bicyclic) bond motifs is 1. The monoisotopic (exact) mass is 235 g/mol. The number of halogens is 2. The zero-order chi connectivity index (χ0) is 10.7. The van der Waals surface area contributed by atoms with E-state index in [4.69, 9.17) is 23.2 Å². The van der Waals surface area contributed by atoms with Gasteiger partial charge in [-0.25, -0.2) is 0 Å². The molecule has 0 radical (unpaired) electrons. The smallest absolute Gasteiger partial charge is 0.127 e. The molecular formula is C11H19Cl2N. The van der Waals surface area contributed by atoms with E-state index >= 15 is 0 Å². The molecule has 1 nitrogen and oxygen atoms in total. The van der Waals surface area contributed by atoms with E-state index in [2.05, 4.69) is 32.6 Å². The third-order valence-corrected chi connectivity index (χ3v) is 4.83. The van der Waals surface area contributed by atoms with Crippen LogP contribution in [-0.2, 0) is 0 Å². The molecule has 1 aliphatic carbocycles. The maximum Gasteiger partial charge on any atom is 0.127 e. The van der Waals surface area contributed by atoms with Crippen LogP contribution in [0, 0.1) is 17.8 Å². The van der Waals surface area contributed by atoms with Crippen LogP contribution in [-0.4, -0.2) is 27.9 Å². The number of piperidine rings is 1. The second kappa shape index (κ2) is 3.26. The van der Waals surface area contributed by atoms with E-state index < -0.39 is 4.33 Å². The number of hydrogen-bond donors (Lipinski definition) is 0. The number of likely N-dealkylation sites (tertiary alicyclic amines) is 1. The lowest BCUT2D eigenvalue weighted by Gasteiger charge is -2.35. The minimum absolute atomic E-state index is 0.416. The predicted molar refractivity (Wildman–Crippen MR) is 61.9 cm³/mol. The van der Waals surface area contributed by atoms with Crippen molar-refractivity contribution >= 4 is 23.2 Å². The largest absolute Gasteiger partial charge is 0.297 e. The average molecular weight is 236 g/mol. The van der Waals surface area contributed by atoms with Crippen LogP contribution in [0.5, 0.6) is 0 Å². The van der Waals surface area contributed by atoms with Gasteiger partial charge in [0.25, 0.3) is 0 Å². The van der Waals surface area contributed by atoms with Gasteiger partial charge in [0, 0.05) is 30.5 Å². The van der Waals surface area contributed by atoms with Crippen molar-refractivity contribution in [3.8, 4) is 0 Å². The van der Waals surface area contributed by atoms with E-state index in [0.29, 0.717) is 29.8 Å². The lowest BCUT2D eigenvalue weighted by molar-refractivity contribution is 0.136. The number of nitrogens with zero attached hydrogens (tertiary/aromatic N) is 1. The average Bonchev–Trinajstić information content (AvgIpc) is 2.47. The number of rotatable bonds is 2. The molecule has 82 valence electrons. The van der Waals surface area contributed by atoms with Crippen LogP contribution in [0.1, 0.15) is 27.7 Å². The van der Waals surface area contributed by atoms with E-state index in [9.17, 15) is 0 Å². The Morgan fingerprint density at radius 1 is 1.21 bits per heavy atom. The molecule has 0 aromatic carbocycles. The van der Waals surface area contributed by atoms with Crippen LogP contribution in [0.4, 0.5) is 0 Å². The van der Waals surface area contributed by atoms with Crippen LogP contribution < -0.4 is 0 Å². The first-order valence-electron chi connectivity index (χ1n) is 5.51. The Kier molecular flexibility index (Phi) is 2.57. The summed E-state index contributed by atoms with van der Waals surface area (Å²) in [4.78, 5) is 2.56. The van der Waals surface area contributed by atoms with Gasteiger partial charge in [-0.2, -0.15) is 0 Å². The summed E-state index contributed by atoms with van der Waals surface area (Å²) in [6.07, 6.45) is 0. The van der Waals surface area contributed by atoms with Crippen molar-refractivity contribution in [3.05, 3.63) is 0 Å². The standard InChI is InChI=1S/C11H19Cl2N/c1-6(2)10-9-8(11(9,12)13)5-14(10)7(3)4/h6-10H,5H2,1-4H3/t8-,9-,10+/m0/s1. The molecule has 0 aromatic rings. The van der Waals surface area contributed by atoms with E-state index in [1.54, 1.807) is 0 Å². The van der Waals surface area contributed by atoms with Gasteiger partial charge in [0.2, 0.25) is 0 Å². The van der Waals surface area contributed by atoms with Crippen LogP contribution in [0.25, 0.3) is 0 Å². The summed E-state index contributed by atoms with van der Waals surface area (Å²) in [7, 11) is 0. The summed E-state index contributed by atoms with van der Waals surface area (Å²) in [6, 6.07) is 1.19. The fourth-order valence-electron chi connectivity index (χ4n) is 3.03. The Morgan fingerprint density at radius 2 is 1.79 bits per heavy atom. The maximum atomic E-state index is 6.26. The van der Waals surface area contributed by atoms with Crippen LogP contribution in [0.15, 0.2) is 0 Å². The zero-order valence-electron chi connectivity index (χ0n) is 9.30. The van der Waals surface area contributed by atoms with Gasteiger partial charge in [-0.3, -0.25) is 4.90 Å². The molecule has 0 amide bonds. The molecule has 1 aliphatic heterocycles. The predicted octanol–water partition coefficient (Wildman–Crippen LogP) is 3.15. The number of hydrogen-bond acceptors (Lipinski definition) is 1. The van der Waals surface area contributed by atoms with Crippen LogP contribution >= 0.6 is 23.2 Å². The van der Waals surface area contributed by atoms with Crippen LogP contribution in [0.3, 0.4) is 0 Å². The highest BCUT2D eigenvalue weighted by Gasteiger charge is 2.71. The molecular weight excluding hydrogens is 217 g/mol. The highest BCUT2D eigenvalue weighted by atomic mass is 35.5. The van der Waals surface area contributed by atoms with Crippen LogP contribution in [0.2, 0.25) is 0 Å². The first-order valence-corrected chi connectivity index (χ1v) is 6.26. The molecule has 3 atom stereocenters. The molecule has 0 spiro atoms. The summed E-state index contributed by atoms with van der Waals surface area (Å²) in [5.74, 6) is 1.67. The second-order valence-electron chi connectivity index (χ2n) is 5.33. The van der Waals surface area contributed by atoms with Gasteiger partial charge in [0.15, 0.2) is 0 Å². The van der Waals surface area contributed by atoms with E-state index in [1.807, 2.05) is 0 Å². The third-order valence-electron chi connectivity index (χ3n) is 3.77. The Hall–Kier alpha value is 0.540. The molecule has 0 aromatic heterocycles. The lowest BCUT2D eigenvalue weighted by Crippen LogP contribution is -2.43. The van der Waals surface area contributed by atoms with Gasteiger partial charge in [0.1, 0.15) is 4.33 Å². The molecule has 2 aliphatic rings. The Morgan fingerprint density at radius 3 is 2.21 bits per heavy atom. The zero-order valence-corrected chi connectivity index (χ0v) is 10.8. The molecule has 0 bridgehead atoms. The second-order valence-corrected chi connectivity index (χ2v) is 6.78. The topological polar surface area (TPSA) is 3.24 Å². The molecule has 0 N–H and O–H groups in total. The Balaban J connectivity index is 2.15. The van der Waals surface area contributed by atoms with Gasteiger partial charge >= 0.3 is 0 Å². The minimum atomic E-state index is -0.416. The van der Waals surface area contributed by atoms with Crippen molar-refractivity contribution in [2.24, 2.45) is 17.8 Å². The van der Waals surface area contributed by atoms with Crippen molar-refractivity contribution in [2.75, 3.05) is 6.54 Å². The van der Waals surface area contributed by atoms with Gasteiger partial charge in [0.05, 0.1) is 0 Å². The van der Waals surface area contributed by atoms with Gasteiger partial charge < -0.3 is 0 Å². The number of alkyl halides is 2. The quantitative estimate of drug-likeness (QED) is 0.666. The van der Waals surface area contributed by atoms with E-state index in [0.717, 1.165) is 6.54 Å². The maximum absolute atomic E-state index is 6.26. The third kappa shape index (κ3) is 1.40. The minimum Gasteiger partial charge on any atom is -0.297 e. The van der Waals surface area contributed by atoms with Gasteiger partial charge in [-0.05, 0) is 19.8 Å². The van der Waals surface area contributed by atoms with Crippen molar-refractivity contribution in [1.82, 2.24) is 4.90 Å².